The zero-order valence-corrected chi connectivity index (χ0v) is 12.0. The molecule has 0 heterocycles. The molecule has 100 valence electrons. The Morgan fingerprint density at radius 1 is 1.50 bits per heavy atom. The molecule has 0 aliphatic heterocycles. The van der Waals surface area contributed by atoms with Crippen LogP contribution in [-0.4, -0.2) is 43.4 Å². The number of nitrogens with one attached hydrogen (secondary N) is 1. The van der Waals surface area contributed by atoms with Crippen LogP contribution < -0.4 is 10.5 Å². The van der Waals surface area contributed by atoms with Crippen molar-refractivity contribution in [1.29, 1.82) is 5.41 Å². The average molecular weight is 267 g/mol. The molecule has 0 fully saturated rings. The molecule has 0 atom stereocenters. The Kier molecular flexibility index (Phi) is 6.01. The molecule has 0 aliphatic rings. The summed E-state index contributed by atoms with van der Waals surface area (Å²) in [5, 5.41) is 7.55. The lowest BCUT2D eigenvalue weighted by atomic mass is 10.1. The molecule has 0 aromatic heterocycles. The summed E-state index contributed by atoms with van der Waals surface area (Å²) in [4.78, 5) is 2.25. The zero-order chi connectivity index (χ0) is 13.5. The van der Waals surface area contributed by atoms with E-state index in [9.17, 15) is 0 Å². The first-order valence-corrected chi connectivity index (χ1v) is 7.16. The monoisotopic (exact) mass is 267 g/mol. The van der Waals surface area contributed by atoms with E-state index in [0.29, 0.717) is 11.3 Å². The van der Waals surface area contributed by atoms with Gasteiger partial charge in [0.1, 0.15) is 11.6 Å². The van der Waals surface area contributed by atoms with E-state index in [2.05, 4.69) is 18.2 Å². The van der Waals surface area contributed by atoms with E-state index in [1.54, 1.807) is 7.11 Å². The van der Waals surface area contributed by atoms with E-state index in [0.717, 1.165) is 24.4 Å². The van der Waals surface area contributed by atoms with Crippen LogP contribution in [0, 0.1) is 5.41 Å². The highest BCUT2D eigenvalue weighted by Gasteiger charge is 2.08. The minimum atomic E-state index is 0.0421. The Hall–Kier alpha value is -1.20. The van der Waals surface area contributed by atoms with Gasteiger partial charge in [0.15, 0.2) is 0 Å². The van der Waals surface area contributed by atoms with Crippen molar-refractivity contribution < 1.29 is 4.74 Å². The second-order valence-electron chi connectivity index (χ2n) is 4.18. The Morgan fingerprint density at radius 3 is 2.78 bits per heavy atom. The Balaban J connectivity index is 2.78. The number of nitrogens with zero attached hydrogens (tertiary/aromatic N) is 1. The van der Waals surface area contributed by atoms with Crippen LogP contribution in [0.4, 0.5) is 0 Å². The number of methoxy groups -OCH3 is 1. The first kappa shape index (κ1) is 14.9. The molecule has 0 radical (unpaired) electrons. The van der Waals surface area contributed by atoms with Crippen LogP contribution in [0.15, 0.2) is 18.2 Å². The molecule has 18 heavy (non-hydrogen) atoms. The number of amidine groups is 1. The predicted octanol–water partition coefficient (Wildman–Crippen LogP) is 1.77. The van der Waals surface area contributed by atoms with Crippen molar-refractivity contribution in [3.8, 4) is 5.75 Å². The van der Waals surface area contributed by atoms with Crippen LogP contribution in [0.2, 0.25) is 0 Å². The third kappa shape index (κ3) is 4.23. The molecule has 3 N–H and O–H groups in total. The van der Waals surface area contributed by atoms with Crippen LogP contribution in [0.5, 0.6) is 5.75 Å². The van der Waals surface area contributed by atoms with Gasteiger partial charge in [0, 0.05) is 18.8 Å². The minimum absolute atomic E-state index is 0.0421. The normalized spacial score (nSPS) is 10.7. The average Bonchev–Trinajstić information content (AvgIpc) is 2.36. The summed E-state index contributed by atoms with van der Waals surface area (Å²) in [6.45, 7) is 1.90. The molecular formula is C13H21N3OS. The Labute approximate surface area is 113 Å². The van der Waals surface area contributed by atoms with Crippen molar-refractivity contribution in [2.45, 2.75) is 6.54 Å². The molecule has 5 heteroatoms. The van der Waals surface area contributed by atoms with Gasteiger partial charge in [-0.25, -0.2) is 0 Å². The van der Waals surface area contributed by atoms with E-state index in [4.69, 9.17) is 15.9 Å². The molecule has 0 saturated carbocycles. The number of ether oxygens (including phenoxy) is 1. The van der Waals surface area contributed by atoms with Crippen LogP contribution in [0.3, 0.4) is 0 Å². The summed E-state index contributed by atoms with van der Waals surface area (Å²) in [5.41, 5.74) is 7.36. The SMILES string of the molecule is COc1ccc(CN(C)CCSC)cc1C(=N)N. The van der Waals surface area contributed by atoms with Gasteiger partial charge in [0.25, 0.3) is 0 Å². The van der Waals surface area contributed by atoms with E-state index in [-0.39, 0.29) is 5.84 Å². The van der Waals surface area contributed by atoms with E-state index in [1.807, 2.05) is 30.0 Å². The number of hydrogen-bond donors (Lipinski definition) is 2. The number of thioether (sulfide) groups is 1. The molecule has 1 aromatic rings. The van der Waals surface area contributed by atoms with Crippen molar-refractivity contribution in [1.82, 2.24) is 4.90 Å². The zero-order valence-electron chi connectivity index (χ0n) is 11.2. The van der Waals surface area contributed by atoms with Gasteiger partial charge in [0.05, 0.1) is 12.7 Å². The molecule has 0 aliphatic carbocycles. The van der Waals surface area contributed by atoms with Gasteiger partial charge < -0.3 is 15.4 Å². The van der Waals surface area contributed by atoms with Crippen molar-refractivity contribution in [3.05, 3.63) is 29.3 Å². The summed E-state index contributed by atoms with van der Waals surface area (Å²) >= 11 is 1.84. The quantitative estimate of drug-likeness (QED) is 0.584. The van der Waals surface area contributed by atoms with E-state index >= 15 is 0 Å². The van der Waals surface area contributed by atoms with Gasteiger partial charge in [0.2, 0.25) is 0 Å². The third-order valence-corrected chi connectivity index (χ3v) is 3.27. The predicted molar refractivity (Wildman–Crippen MR) is 78.7 cm³/mol. The standard InChI is InChI=1S/C13H21N3OS/c1-16(6-7-18-3)9-10-4-5-12(17-2)11(8-10)13(14)15/h4-5,8H,6-7,9H2,1-3H3,(H3,14,15). The first-order chi connectivity index (χ1) is 8.58. The first-order valence-electron chi connectivity index (χ1n) is 5.77. The molecule has 0 bridgehead atoms. The summed E-state index contributed by atoms with van der Waals surface area (Å²) < 4.78 is 5.19. The number of rotatable bonds is 7. The van der Waals surface area contributed by atoms with Gasteiger partial charge >= 0.3 is 0 Å². The van der Waals surface area contributed by atoms with Crippen LogP contribution >= 0.6 is 11.8 Å². The second kappa shape index (κ2) is 7.28. The van der Waals surface area contributed by atoms with Crippen molar-refractivity contribution in [3.63, 3.8) is 0 Å². The van der Waals surface area contributed by atoms with Gasteiger partial charge in [-0.05, 0) is 31.0 Å². The minimum Gasteiger partial charge on any atom is -0.496 e. The van der Waals surface area contributed by atoms with Gasteiger partial charge in [-0.15, -0.1) is 0 Å². The van der Waals surface area contributed by atoms with Crippen molar-refractivity contribution >= 4 is 17.6 Å². The summed E-state index contributed by atoms with van der Waals surface area (Å²) in [6.07, 6.45) is 2.11. The molecule has 4 nitrogen and oxygen atoms in total. The lowest BCUT2D eigenvalue weighted by molar-refractivity contribution is 0.348. The smallest absolute Gasteiger partial charge is 0.129 e. The summed E-state index contributed by atoms with van der Waals surface area (Å²) in [6, 6.07) is 5.81. The van der Waals surface area contributed by atoms with Gasteiger partial charge in [-0.2, -0.15) is 11.8 Å². The summed E-state index contributed by atoms with van der Waals surface area (Å²) in [5.74, 6) is 1.81. The lowest BCUT2D eigenvalue weighted by Gasteiger charge is -2.17. The molecule has 0 saturated heterocycles. The van der Waals surface area contributed by atoms with Gasteiger partial charge in [-0.1, -0.05) is 6.07 Å². The van der Waals surface area contributed by atoms with Crippen molar-refractivity contribution in [2.24, 2.45) is 5.73 Å². The number of hydrogen-bond acceptors (Lipinski definition) is 4. The maximum absolute atomic E-state index is 7.55. The molecule has 0 amide bonds. The molecule has 1 aromatic carbocycles. The van der Waals surface area contributed by atoms with E-state index in [1.165, 1.54) is 0 Å². The number of benzene rings is 1. The fourth-order valence-electron chi connectivity index (χ4n) is 1.70. The lowest BCUT2D eigenvalue weighted by Crippen LogP contribution is -2.21. The number of nitrogens with two attached hydrogens (primary N) is 1. The molecular weight excluding hydrogens is 246 g/mol. The number of nitrogen functional groups attached to an aromatic ring is 1. The van der Waals surface area contributed by atoms with Crippen LogP contribution in [0.1, 0.15) is 11.1 Å². The topological polar surface area (TPSA) is 62.3 Å². The second-order valence-corrected chi connectivity index (χ2v) is 5.16. The Morgan fingerprint density at radius 2 is 2.22 bits per heavy atom. The molecule has 0 spiro atoms. The van der Waals surface area contributed by atoms with Crippen molar-refractivity contribution in [2.75, 3.05) is 32.7 Å². The molecule has 1 rings (SSSR count). The highest BCUT2D eigenvalue weighted by Crippen LogP contribution is 2.20. The summed E-state index contributed by atoms with van der Waals surface area (Å²) in [7, 11) is 3.68. The maximum Gasteiger partial charge on any atom is 0.129 e. The maximum atomic E-state index is 7.55. The van der Waals surface area contributed by atoms with Crippen LogP contribution in [-0.2, 0) is 6.54 Å². The highest BCUT2D eigenvalue weighted by molar-refractivity contribution is 7.98. The van der Waals surface area contributed by atoms with Gasteiger partial charge in [-0.3, -0.25) is 5.41 Å². The third-order valence-electron chi connectivity index (χ3n) is 2.68. The van der Waals surface area contributed by atoms with Crippen LogP contribution in [0.25, 0.3) is 0 Å². The van der Waals surface area contributed by atoms with E-state index < -0.39 is 0 Å². The fourth-order valence-corrected chi connectivity index (χ4v) is 2.20. The fraction of sp³-hybridized carbons (Fsp3) is 0.462. The Bertz CT molecular complexity index is 409. The molecule has 0 unspecified atom stereocenters. The largest absolute Gasteiger partial charge is 0.496 e. The highest BCUT2D eigenvalue weighted by atomic mass is 32.2.